The average Bonchev–Trinajstić information content (AvgIpc) is 2.89. The number of benzene rings is 3. The summed E-state index contributed by atoms with van der Waals surface area (Å²) in [7, 11) is -3.82. The lowest BCUT2D eigenvalue weighted by atomic mass is 9.95. The Hall–Kier alpha value is -3.16. The molecule has 7 heteroatoms. The molecule has 1 atom stereocenters. The zero-order valence-corrected chi connectivity index (χ0v) is 20.7. The number of rotatable bonds is 9. The summed E-state index contributed by atoms with van der Waals surface area (Å²) in [5.41, 5.74) is 1.69. The molecule has 0 unspecified atom stereocenters. The van der Waals surface area contributed by atoms with Crippen LogP contribution in [0.15, 0.2) is 89.8 Å². The van der Waals surface area contributed by atoms with E-state index in [0.717, 1.165) is 36.8 Å². The lowest BCUT2D eigenvalue weighted by Crippen LogP contribution is -2.43. The molecule has 0 spiro atoms. The Kier molecular flexibility index (Phi) is 8.21. The first-order valence-corrected chi connectivity index (χ1v) is 13.6. The molecular weight excluding hydrogens is 460 g/mol. The smallest absolute Gasteiger partial charge is 0.260 e. The van der Waals surface area contributed by atoms with Crippen LogP contribution < -0.4 is 14.8 Å². The summed E-state index contributed by atoms with van der Waals surface area (Å²) in [5, 5.41) is 3.06. The summed E-state index contributed by atoms with van der Waals surface area (Å²) in [6.45, 7) is 1.70. The molecule has 35 heavy (non-hydrogen) atoms. The summed E-state index contributed by atoms with van der Waals surface area (Å²) in [6, 6.07) is 24.8. The van der Waals surface area contributed by atoms with Gasteiger partial charge < -0.3 is 10.1 Å². The zero-order valence-electron chi connectivity index (χ0n) is 19.9. The second kappa shape index (κ2) is 11.5. The molecule has 1 aliphatic carbocycles. The van der Waals surface area contributed by atoms with Gasteiger partial charge in [0.1, 0.15) is 5.75 Å². The van der Waals surface area contributed by atoms with Crippen molar-refractivity contribution >= 4 is 15.9 Å². The van der Waals surface area contributed by atoms with E-state index < -0.39 is 22.2 Å². The van der Waals surface area contributed by atoms with Gasteiger partial charge >= 0.3 is 0 Å². The molecule has 6 nitrogen and oxygen atoms in total. The fraction of sp³-hybridized carbons (Fsp3) is 0.321. The molecule has 1 aliphatic rings. The van der Waals surface area contributed by atoms with Crippen molar-refractivity contribution in [2.24, 2.45) is 0 Å². The molecular formula is C28H32N2O4S. The van der Waals surface area contributed by atoms with E-state index in [4.69, 9.17) is 4.74 Å². The Balaban J connectivity index is 1.44. The zero-order chi connectivity index (χ0) is 24.7. The van der Waals surface area contributed by atoms with Crippen LogP contribution in [-0.4, -0.2) is 26.5 Å². The molecule has 0 bridgehead atoms. The Bertz CT molecular complexity index is 1150. The maximum atomic E-state index is 13.2. The van der Waals surface area contributed by atoms with Crippen LogP contribution in [0.4, 0.5) is 0 Å². The molecule has 0 aromatic heterocycles. The minimum atomic E-state index is -3.82. The first-order valence-electron chi connectivity index (χ1n) is 12.1. The molecule has 0 saturated heterocycles. The number of ether oxygens (including phenoxy) is 1. The molecule has 184 valence electrons. The van der Waals surface area contributed by atoms with E-state index in [1.807, 2.05) is 60.7 Å². The SMILES string of the molecule is C[C@H](Oc1ccc(S(=O)(=O)NC(c2ccccc2)c2ccccc2)cc1)C(=O)NC1CCCCC1. The quantitative estimate of drug-likeness (QED) is 0.442. The highest BCUT2D eigenvalue weighted by atomic mass is 32.2. The molecule has 0 heterocycles. The van der Waals surface area contributed by atoms with Crippen LogP contribution in [0, 0.1) is 0 Å². The first kappa shape index (κ1) is 24.9. The Morgan fingerprint density at radius 3 is 1.91 bits per heavy atom. The van der Waals surface area contributed by atoms with Gasteiger partial charge in [0.25, 0.3) is 5.91 Å². The number of nitrogens with one attached hydrogen (secondary N) is 2. The minimum absolute atomic E-state index is 0.126. The average molecular weight is 493 g/mol. The van der Waals surface area contributed by atoms with E-state index >= 15 is 0 Å². The van der Waals surface area contributed by atoms with Gasteiger partial charge in [-0.1, -0.05) is 79.9 Å². The van der Waals surface area contributed by atoms with Gasteiger partial charge in [-0.25, -0.2) is 8.42 Å². The van der Waals surface area contributed by atoms with E-state index in [9.17, 15) is 13.2 Å². The van der Waals surface area contributed by atoms with Crippen molar-refractivity contribution in [2.75, 3.05) is 0 Å². The van der Waals surface area contributed by atoms with Crippen molar-refractivity contribution in [3.63, 3.8) is 0 Å². The maximum absolute atomic E-state index is 13.2. The number of amides is 1. The number of sulfonamides is 1. The lowest BCUT2D eigenvalue weighted by Gasteiger charge is -2.24. The van der Waals surface area contributed by atoms with Crippen molar-refractivity contribution in [3.05, 3.63) is 96.1 Å². The van der Waals surface area contributed by atoms with Crippen LogP contribution in [0.2, 0.25) is 0 Å². The third kappa shape index (κ3) is 6.71. The highest BCUT2D eigenvalue weighted by Crippen LogP contribution is 2.25. The summed E-state index contributed by atoms with van der Waals surface area (Å²) in [5.74, 6) is 0.293. The largest absolute Gasteiger partial charge is 0.481 e. The van der Waals surface area contributed by atoms with Gasteiger partial charge in [0.05, 0.1) is 10.9 Å². The van der Waals surface area contributed by atoms with Crippen molar-refractivity contribution < 1.29 is 17.9 Å². The fourth-order valence-electron chi connectivity index (χ4n) is 4.36. The Morgan fingerprint density at radius 1 is 0.829 bits per heavy atom. The van der Waals surface area contributed by atoms with E-state index in [1.54, 1.807) is 19.1 Å². The maximum Gasteiger partial charge on any atom is 0.260 e. The van der Waals surface area contributed by atoms with Crippen LogP contribution >= 0.6 is 0 Å². The molecule has 1 saturated carbocycles. The third-order valence-electron chi connectivity index (χ3n) is 6.31. The van der Waals surface area contributed by atoms with Crippen molar-refractivity contribution in [2.45, 2.75) is 62.1 Å². The van der Waals surface area contributed by atoms with Crippen LogP contribution in [0.5, 0.6) is 5.75 Å². The van der Waals surface area contributed by atoms with Gasteiger partial charge in [0.2, 0.25) is 10.0 Å². The highest BCUT2D eigenvalue weighted by molar-refractivity contribution is 7.89. The summed E-state index contributed by atoms with van der Waals surface area (Å²) < 4.78 is 35.1. The van der Waals surface area contributed by atoms with Gasteiger partial charge in [0, 0.05) is 6.04 Å². The second-order valence-corrected chi connectivity index (χ2v) is 10.7. The van der Waals surface area contributed by atoms with Gasteiger partial charge in [-0.2, -0.15) is 4.72 Å². The number of carbonyl (C=O) groups is 1. The minimum Gasteiger partial charge on any atom is -0.481 e. The lowest BCUT2D eigenvalue weighted by molar-refractivity contribution is -0.128. The molecule has 2 N–H and O–H groups in total. The van der Waals surface area contributed by atoms with Crippen molar-refractivity contribution in [3.8, 4) is 5.75 Å². The van der Waals surface area contributed by atoms with E-state index in [-0.39, 0.29) is 16.8 Å². The monoisotopic (exact) mass is 492 g/mol. The normalized spacial score (nSPS) is 15.5. The predicted octanol–water partition coefficient (Wildman–Crippen LogP) is 4.97. The van der Waals surface area contributed by atoms with E-state index in [1.165, 1.54) is 18.6 Å². The topological polar surface area (TPSA) is 84.5 Å². The van der Waals surface area contributed by atoms with Crippen LogP contribution in [0.3, 0.4) is 0 Å². The molecule has 0 radical (unpaired) electrons. The number of hydrogen-bond donors (Lipinski definition) is 2. The van der Waals surface area contributed by atoms with Gasteiger partial charge in [-0.15, -0.1) is 0 Å². The Labute approximate surface area is 207 Å². The summed E-state index contributed by atoms with van der Waals surface area (Å²) >= 11 is 0. The number of hydrogen-bond acceptors (Lipinski definition) is 4. The Morgan fingerprint density at radius 2 is 1.37 bits per heavy atom. The fourth-order valence-corrected chi connectivity index (χ4v) is 5.58. The van der Waals surface area contributed by atoms with Gasteiger partial charge in [-0.3, -0.25) is 4.79 Å². The highest BCUT2D eigenvalue weighted by Gasteiger charge is 2.24. The standard InChI is InChI=1S/C28H32N2O4S/c1-21(28(31)29-24-15-9-4-10-16-24)34-25-17-19-26(20-18-25)35(32,33)30-27(22-11-5-2-6-12-22)23-13-7-3-8-14-23/h2-3,5-8,11-14,17-21,24,27,30H,4,9-10,15-16H2,1H3,(H,29,31)/t21-/m0/s1. The van der Waals surface area contributed by atoms with Crippen molar-refractivity contribution in [1.29, 1.82) is 0 Å². The molecule has 0 aliphatic heterocycles. The van der Waals surface area contributed by atoms with Crippen LogP contribution in [0.25, 0.3) is 0 Å². The van der Waals surface area contributed by atoms with Crippen LogP contribution in [-0.2, 0) is 14.8 Å². The molecule has 3 aromatic carbocycles. The van der Waals surface area contributed by atoms with E-state index in [2.05, 4.69) is 10.0 Å². The second-order valence-electron chi connectivity index (χ2n) is 8.95. The molecule has 1 fully saturated rings. The molecule has 1 amide bonds. The predicted molar refractivity (Wildman–Crippen MR) is 137 cm³/mol. The van der Waals surface area contributed by atoms with Gasteiger partial charge in [0.15, 0.2) is 6.10 Å². The van der Waals surface area contributed by atoms with Crippen LogP contribution in [0.1, 0.15) is 56.2 Å². The summed E-state index contributed by atoms with van der Waals surface area (Å²) in [6.07, 6.45) is 4.84. The molecule has 4 rings (SSSR count). The number of carbonyl (C=O) groups excluding carboxylic acids is 1. The van der Waals surface area contributed by atoms with E-state index in [0.29, 0.717) is 5.75 Å². The van der Waals surface area contributed by atoms with Crippen molar-refractivity contribution in [1.82, 2.24) is 10.0 Å². The van der Waals surface area contributed by atoms with Gasteiger partial charge in [-0.05, 0) is 55.2 Å². The first-order chi connectivity index (χ1) is 16.9. The third-order valence-corrected chi connectivity index (χ3v) is 7.75. The summed E-state index contributed by atoms with van der Waals surface area (Å²) in [4.78, 5) is 12.6. The molecule has 3 aromatic rings.